The van der Waals surface area contributed by atoms with Crippen molar-refractivity contribution in [2.75, 3.05) is 25.2 Å². The van der Waals surface area contributed by atoms with Crippen molar-refractivity contribution in [1.29, 1.82) is 0 Å². The molecule has 3 aromatic carbocycles. The lowest BCUT2D eigenvalue weighted by atomic mass is 9.98. The van der Waals surface area contributed by atoms with Crippen LogP contribution in [0.2, 0.25) is 0 Å². The summed E-state index contributed by atoms with van der Waals surface area (Å²) in [5.74, 6) is -2.46. The molecule has 4 fully saturated rings. The molecule has 0 N–H and O–H groups in total. The van der Waals surface area contributed by atoms with Gasteiger partial charge in [0, 0.05) is 7.11 Å². The minimum atomic E-state index is -3.91. The van der Waals surface area contributed by atoms with Gasteiger partial charge in [-0.05, 0) is 44.4 Å². The third-order valence-corrected chi connectivity index (χ3v) is 11.8. The van der Waals surface area contributed by atoms with Gasteiger partial charge in [0.2, 0.25) is 0 Å². The van der Waals surface area contributed by atoms with E-state index in [4.69, 9.17) is 47.4 Å². The zero-order valence-corrected chi connectivity index (χ0v) is 32.3. The first-order valence-electron chi connectivity index (χ1n) is 18.6. The van der Waals surface area contributed by atoms with Crippen LogP contribution in [0.4, 0.5) is 0 Å². The van der Waals surface area contributed by atoms with Crippen LogP contribution in [0.1, 0.15) is 44.4 Å². The number of rotatable bonds is 15. The van der Waals surface area contributed by atoms with Gasteiger partial charge in [-0.2, -0.15) is 0 Å². The number of hydrogen-bond donors (Lipinski definition) is 0. The Kier molecular flexibility index (Phi) is 12.2. The van der Waals surface area contributed by atoms with Crippen LogP contribution in [0.15, 0.2) is 91.0 Å². The van der Waals surface area contributed by atoms with Crippen molar-refractivity contribution in [2.24, 2.45) is 0 Å². The molecular formula is C41H52O12S. The fourth-order valence-corrected chi connectivity index (χ4v) is 9.34. The maximum absolute atomic E-state index is 14.3. The molecule has 0 spiro atoms. The molecule has 7 rings (SSSR count). The Morgan fingerprint density at radius 2 is 1.09 bits per heavy atom. The van der Waals surface area contributed by atoms with Crippen LogP contribution in [0.3, 0.4) is 0 Å². The van der Waals surface area contributed by atoms with Gasteiger partial charge in [0.1, 0.15) is 54.9 Å². The van der Waals surface area contributed by atoms with Gasteiger partial charge < -0.3 is 47.4 Å². The Labute approximate surface area is 318 Å². The van der Waals surface area contributed by atoms with E-state index in [1.807, 2.05) is 119 Å². The molecule has 1 unspecified atom stereocenters. The van der Waals surface area contributed by atoms with Gasteiger partial charge in [0.15, 0.2) is 27.7 Å². The van der Waals surface area contributed by atoms with Crippen LogP contribution in [-0.4, -0.2) is 106 Å². The van der Waals surface area contributed by atoms with Crippen molar-refractivity contribution in [3.8, 4) is 0 Å². The first kappa shape index (κ1) is 39.4. The summed E-state index contributed by atoms with van der Waals surface area (Å²) in [6.45, 7) is 8.25. The molecule has 0 radical (unpaired) electrons. The molecule has 54 heavy (non-hydrogen) atoms. The lowest BCUT2D eigenvalue weighted by Crippen LogP contribution is -2.62. The minimum Gasteiger partial charge on any atom is -0.368 e. The molecule has 10 atom stereocenters. The average molecular weight is 769 g/mol. The third kappa shape index (κ3) is 9.59. The summed E-state index contributed by atoms with van der Waals surface area (Å²) < 4.78 is 91.7. The predicted molar refractivity (Wildman–Crippen MR) is 197 cm³/mol. The molecular weight excluding hydrogens is 717 g/mol. The molecule has 13 heteroatoms. The topological polar surface area (TPSA) is 126 Å². The van der Waals surface area contributed by atoms with E-state index in [2.05, 4.69) is 0 Å². The molecule has 0 saturated carbocycles. The van der Waals surface area contributed by atoms with Crippen LogP contribution in [-0.2, 0) is 77.0 Å². The molecule has 0 bridgehead atoms. The second-order valence-corrected chi connectivity index (χ2v) is 17.4. The van der Waals surface area contributed by atoms with Crippen molar-refractivity contribution in [3.05, 3.63) is 108 Å². The highest BCUT2D eigenvalue weighted by Gasteiger charge is 2.60. The van der Waals surface area contributed by atoms with Gasteiger partial charge in [-0.1, -0.05) is 91.0 Å². The summed E-state index contributed by atoms with van der Waals surface area (Å²) in [6, 6.07) is 29.2. The first-order chi connectivity index (χ1) is 25.9. The van der Waals surface area contributed by atoms with Crippen LogP contribution in [0, 0.1) is 0 Å². The fraction of sp³-hybridized carbons (Fsp3) is 0.561. The summed E-state index contributed by atoms with van der Waals surface area (Å²) in [7, 11) is -2.40. The van der Waals surface area contributed by atoms with Gasteiger partial charge in [-0.25, -0.2) is 8.42 Å². The highest BCUT2D eigenvalue weighted by Crippen LogP contribution is 2.43. The number of fused-ring (bicyclic) bond motifs is 1. The second-order valence-electron chi connectivity index (χ2n) is 15.2. The molecule has 12 nitrogen and oxygen atoms in total. The maximum Gasteiger partial charge on any atom is 0.186 e. The normalized spacial score (nSPS) is 33.1. The Hall–Kier alpha value is -2.79. The summed E-state index contributed by atoms with van der Waals surface area (Å²) in [4.78, 5) is 0. The van der Waals surface area contributed by atoms with Crippen LogP contribution in [0.25, 0.3) is 0 Å². The van der Waals surface area contributed by atoms with Crippen LogP contribution >= 0.6 is 0 Å². The monoisotopic (exact) mass is 768 g/mol. The third-order valence-electron chi connectivity index (χ3n) is 10.1. The van der Waals surface area contributed by atoms with Gasteiger partial charge in [0.25, 0.3) is 0 Å². The Morgan fingerprint density at radius 3 is 1.61 bits per heavy atom. The van der Waals surface area contributed by atoms with E-state index in [9.17, 15) is 8.42 Å². The van der Waals surface area contributed by atoms with Crippen LogP contribution in [0.5, 0.6) is 0 Å². The van der Waals surface area contributed by atoms with Crippen molar-refractivity contribution in [2.45, 2.75) is 120 Å². The number of sulfone groups is 1. The Bertz CT molecular complexity index is 1740. The SMILES string of the molecule is CO[C@H]1O[C@H](CS(=O)(=O)CC2O[C@H]([C@H]3COC(C)(C)O3)[C@@H]3OC(C)(C)O[C@H]23)[C@@H](OCc2ccccc2)[C@H](OCc2ccccc2)[C@H]1OCc1ccccc1. The highest BCUT2D eigenvalue weighted by molar-refractivity contribution is 7.91. The smallest absolute Gasteiger partial charge is 0.186 e. The molecule has 4 aliphatic heterocycles. The lowest BCUT2D eigenvalue weighted by molar-refractivity contribution is -0.313. The zero-order chi connectivity index (χ0) is 37.9. The predicted octanol–water partition coefficient (Wildman–Crippen LogP) is 4.97. The number of benzene rings is 3. The minimum absolute atomic E-state index is 0.191. The Morgan fingerprint density at radius 1 is 0.593 bits per heavy atom. The Balaban J connectivity index is 1.15. The van der Waals surface area contributed by atoms with Crippen molar-refractivity contribution in [3.63, 3.8) is 0 Å². The largest absolute Gasteiger partial charge is 0.368 e. The van der Waals surface area contributed by atoms with E-state index in [-0.39, 0.29) is 32.2 Å². The summed E-state index contributed by atoms with van der Waals surface area (Å²) in [5, 5.41) is 0. The van der Waals surface area contributed by atoms with E-state index < -0.39 is 88.4 Å². The van der Waals surface area contributed by atoms with Gasteiger partial charge >= 0.3 is 0 Å². The van der Waals surface area contributed by atoms with Crippen molar-refractivity contribution >= 4 is 9.84 Å². The number of methoxy groups -OCH3 is 1. The summed E-state index contributed by atoms with van der Waals surface area (Å²) >= 11 is 0. The molecule has 4 heterocycles. The molecule has 0 aliphatic carbocycles. The molecule has 0 amide bonds. The van der Waals surface area contributed by atoms with E-state index in [0.717, 1.165) is 16.7 Å². The standard InChI is InChI=1S/C41H52O12S/c1-40(2)48-24-30(51-40)34-37-35(52-41(3,4)53-37)32(49-34)26-54(42,43)25-31-33(45-21-27-15-9-6-10-16-27)36(46-22-28-17-11-7-12-18-28)38(39(44-5)50-31)47-23-29-19-13-8-14-20-29/h6-20,30-39H,21-26H2,1-5H3/t30-,31-,32?,33-,34-,35-,36+,37+,38-,39+/m1/s1. The maximum atomic E-state index is 14.3. The zero-order valence-electron chi connectivity index (χ0n) is 31.5. The number of ether oxygens (including phenoxy) is 10. The molecule has 0 aromatic heterocycles. The summed E-state index contributed by atoms with van der Waals surface area (Å²) in [5.41, 5.74) is 2.80. The van der Waals surface area contributed by atoms with E-state index in [1.165, 1.54) is 7.11 Å². The van der Waals surface area contributed by atoms with Gasteiger partial charge in [-0.3, -0.25) is 0 Å². The molecule has 4 aliphatic rings. The average Bonchev–Trinajstić information content (AvgIpc) is 3.79. The lowest BCUT2D eigenvalue weighted by Gasteiger charge is -2.45. The van der Waals surface area contributed by atoms with E-state index in [1.54, 1.807) is 0 Å². The molecule has 294 valence electrons. The molecule has 3 aromatic rings. The highest BCUT2D eigenvalue weighted by atomic mass is 32.2. The van der Waals surface area contributed by atoms with Crippen molar-refractivity contribution < 1.29 is 55.8 Å². The second kappa shape index (κ2) is 16.7. The van der Waals surface area contributed by atoms with Crippen molar-refractivity contribution in [1.82, 2.24) is 0 Å². The number of hydrogen-bond acceptors (Lipinski definition) is 12. The van der Waals surface area contributed by atoms with E-state index >= 15 is 0 Å². The van der Waals surface area contributed by atoms with E-state index in [0.29, 0.717) is 0 Å². The fourth-order valence-electron chi connectivity index (χ4n) is 7.66. The summed E-state index contributed by atoms with van der Waals surface area (Å²) in [6.07, 6.45) is -7.37. The first-order valence-corrected chi connectivity index (χ1v) is 20.4. The quantitative estimate of drug-likeness (QED) is 0.207. The van der Waals surface area contributed by atoms with Gasteiger partial charge in [-0.15, -0.1) is 0 Å². The molecule has 4 saturated heterocycles. The van der Waals surface area contributed by atoms with Gasteiger partial charge in [0.05, 0.1) is 37.9 Å². The van der Waals surface area contributed by atoms with Crippen LogP contribution < -0.4 is 0 Å².